The van der Waals surface area contributed by atoms with E-state index in [1.165, 1.54) is 0 Å². The van der Waals surface area contributed by atoms with Gasteiger partial charge in [-0.25, -0.2) is 4.90 Å². The highest BCUT2D eigenvalue weighted by molar-refractivity contribution is 4.86. The first-order valence-corrected chi connectivity index (χ1v) is 5.87. The number of hydrogen-bond donors (Lipinski definition) is 1. The van der Waals surface area contributed by atoms with Crippen LogP contribution >= 0.6 is 0 Å². The molecule has 2 heterocycles. The molecule has 1 N–H and O–H groups in total. The second-order valence-electron chi connectivity index (χ2n) is 4.43. The minimum Gasteiger partial charge on any atom is -0.390 e. The minimum absolute atomic E-state index is 0.0653. The summed E-state index contributed by atoms with van der Waals surface area (Å²) in [6.07, 6.45) is 2.17. The van der Waals surface area contributed by atoms with Crippen molar-refractivity contribution in [1.29, 1.82) is 0 Å². The molecule has 0 radical (unpaired) electrons. The summed E-state index contributed by atoms with van der Waals surface area (Å²) < 4.78 is 16.4. The van der Waals surface area contributed by atoms with E-state index in [0.717, 1.165) is 19.4 Å². The zero-order chi connectivity index (χ0) is 11.5. The van der Waals surface area contributed by atoms with E-state index in [4.69, 9.17) is 14.2 Å². The third kappa shape index (κ3) is 2.38. The van der Waals surface area contributed by atoms with Crippen molar-refractivity contribution in [1.82, 2.24) is 4.90 Å². The first-order valence-electron chi connectivity index (χ1n) is 5.87. The Balaban J connectivity index is 2.01. The standard InChI is InChI=1S/C11H21NO4/c1-14-9-7-12(10-4-3-5-16-10)11(15-2)6-8(9)13/h8-11,13H,3-7H2,1-2H3. The first kappa shape index (κ1) is 12.3. The predicted molar refractivity (Wildman–Crippen MR) is 57.9 cm³/mol. The Hall–Kier alpha value is -0.200. The Morgan fingerprint density at radius 3 is 2.69 bits per heavy atom. The average Bonchev–Trinajstić information content (AvgIpc) is 2.82. The molecule has 5 heteroatoms. The van der Waals surface area contributed by atoms with Gasteiger partial charge in [0, 0.05) is 33.8 Å². The highest BCUT2D eigenvalue weighted by Crippen LogP contribution is 2.27. The van der Waals surface area contributed by atoms with Crippen molar-refractivity contribution in [3.63, 3.8) is 0 Å². The van der Waals surface area contributed by atoms with Crippen LogP contribution in [-0.4, -0.2) is 62.0 Å². The molecule has 5 nitrogen and oxygen atoms in total. The summed E-state index contributed by atoms with van der Waals surface area (Å²) >= 11 is 0. The van der Waals surface area contributed by atoms with Gasteiger partial charge >= 0.3 is 0 Å². The Morgan fingerprint density at radius 2 is 2.12 bits per heavy atom. The van der Waals surface area contributed by atoms with Crippen molar-refractivity contribution in [2.45, 2.75) is 43.9 Å². The van der Waals surface area contributed by atoms with Crippen LogP contribution in [0.1, 0.15) is 19.3 Å². The molecule has 4 unspecified atom stereocenters. The second kappa shape index (κ2) is 5.42. The summed E-state index contributed by atoms with van der Waals surface area (Å²) in [4.78, 5) is 2.16. The Bertz CT molecular complexity index is 220. The Kier molecular flexibility index (Phi) is 4.16. The van der Waals surface area contributed by atoms with E-state index >= 15 is 0 Å². The predicted octanol–water partition coefficient (Wildman–Crippen LogP) is 0.177. The Labute approximate surface area is 96.3 Å². The summed E-state index contributed by atoms with van der Waals surface area (Å²) in [6.45, 7) is 1.48. The molecule has 2 aliphatic rings. The SMILES string of the molecule is COC1CN(C2CCCO2)C(OC)CC1O. The molecule has 0 bridgehead atoms. The van der Waals surface area contributed by atoms with Gasteiger partial charge in [0.05, 0.1) is 12.2 Å². The van der Waals surface area contributed by atoms with Gasteiger partial charge in [0.1, 0.15) is 12.5 Å². The van der Waals surface area contributed by atoms with Crippen molar-refractivity contribution in [2.75, 3.05) is 27.4 Å². The molecule has 2 fully saturated rings. The quantitative estimate of drug-likeness (QED) is 0.750. The van der Waals surface area contributed by atoms with Crippen molar-refractivity contribution in [3.05, 3.63) is 0 Å². The number of ether oxygens (including phenoxy) is 3. The molecule has 16 heavy (non-hydrogen) atoms. The third-order valence-corrected chi connectivity index (χ3v) is 3.48. The molecule has 2 aliphatic heterocycles. The van der Waals surface area contributed by atoms with E-state index in [0.29, 0.717) is 13.0 Å². The first-order chi connectivity index (χ1) is 7.76. The fourth-order valence-corrected chi connectivity index (χ4v) is 2.53. The third-order valence-electron chi connectivity index (χ3n) is 3.48. The second-order valence-corrected chi connectivity index (χ2v) is 4.43. The van der Waals surface area contributed by atoms with Gasteiger partial charge in [-0.1, -0.05) is 0 Å². The van der Waals surface area contributed by atoms with Gasteiger partial charge < -0.3 is 19.3 Å². The molecule has 2 rings (SSSR count). The minimum atomic E-state index is -0.451. The van der Waals surface area contributed by atoms with Crippen LogP contribution in [0.2, 0.25) is 0 Å². The number of hydrogen-bond acceptors (Lipinski definition) is 5. The van der Waals surface area contributed by atoms with Gasteiger partial charge in [-0.3, -0.25) is 0 Å². The van der Waals surface area contributed by atoms with Crippen LogP contribution in [0.15, 0.2) is 0 Å². The lowest BCUT2D eigenvalue weighted by Gasteiger charge is -2.43. The Morgan fingerprint density at radius 1 is 1.31 bits per heavy atom. The average molecular weight is 231 g/mol. The molecule has 0 spiro atoms. The van der Waals surface area contributed by atoms with E-state index in [1.54, 1.807) is 14.2 Å². The zero-order valence-corrected chi connectivity index (χ0v) is 9.96. The number of likely N-dealkylation sites (tertiary alicyclic amines) is 1. The molecule has 94 valence electrons. The summed E-state index contributed by atoms with van der Waals surface area (Å²) in [5, 5.41) is 9.86. The molecular formula is C11H21NO4. The van der Waals surface area contributed by atoms with Gasteiger partial charge in [0.15, 0.2) is 0 Å². The van der Waals surface area contributed by atoms with Crippen LogP contribution in [0.4, 0.5) is 0 Å². The highest BCUT2D eigenvalue weighted by Gasteiger charge is 2.39. The van der Waals surface area contributed by atoms with Crippen molar-refractivity contribution in [3.8, 4) is 0 Å². The molecule has 4 atom stereocenters. The van der Waals surface area contributed by atoms with E-state index in [9.17, 15) is 5.11 Å². The maximum atomic E-state index is 9.86. The summed E-state index contributed by atoms with van der Waals surface area (Å²) in [7, 11) is 3.31. The van der Waals surface area contributed by atoms with E-state index in [2.05, 4.69) is 4.90 Å². The number of methoxy groups -OCH3 is 2. The molecule has 0 aromatic rings. The molecule has 0 aromatic heterocycles. The lowest BCUT2D eigenvalue weighted by molar-refractivity contribution is -0.192. The van der Waals surface area contributed by atoms with Crippen LogP contribution in [0.25, 0.3) is 0 Å². The zero-order valence-electron chi connectivity index (χ0n) is 9.96. The van der Waals surface area contributed by atoms with Gasteiger partial charge in [0.25, 0.3) is 0 Å². The molecule has 0 saturated carbocycles. The number of nitrogens with zero attached hydrogens (tertiary/aromatic N) is 1. The lowest BCUT2D eigenvalue weighted by Crippen LogP contribution is -2.56. The maximum absolute atomic E-state index is 9.86. The number of piperidine rings is 1. The van der Waals surface area contributed by atoms with Crippen LogP contribution in [0.3, 0.4) is 0 Å². The topological polar surface area (TPSA) is 51.2 Å². The van der Waals surface area contributed by atoms with Crippen molar-refractivity contribution >= 4 is 0 Å². The fourth-order valence-electron chi connectivity index (χ4n) is 2.53. The van der Waals surface area contributed by atoms with E-state index < -0.39 is 6.10 Å². The lowest BCUT2D eigenvalue weighted by atomic mass is 10.0. The number of aliphatic hydroxyl groups excluding tert-OH is 1. The molecule has 0 amide bonds. The highest BCUT2D eigenvalue weighted by atomic mass is 16.5. The van der Waals surface area contributed by atoms with Crippen molar-refractivity contribution < 1.29 is 19.3 Å². The van der Waals surface area contributed by atoms with Gasteiger partial charge in [0.2, 0.25) is 0 Å². The summed E-state index contributed by atoms with van der Waals surface area (Å²) in [5.74, 6) is 0. The van der Waals surface area contributed by atoms with Crippen LogP contribution in [0, 0.1) is 0 Å². The molecule has 0 aromatic carbocycles. The van der Waals surface area contributed by atoms with Gasteiger partial charge in [-0.05, 0) is 12.8 Å². The monoisotopic (exact) mass is 231 g/mol. The van der Waals surface area contributed by atoms with Gasteiger partial charge in [-0.2, -0.15) is 0 Å². The fraction of sp³-hybridized carbons (Fsp3) is 1.00. The van der Waals surface area contributed by atoms with Gasteiger partial charge in [-0.15, -0.1) is 0 Å². The van der Waals surface area contributed by atoms with Crippen molar-refractivity contribution in [2.24, 2.45) is 0 Å². The van der Waals surface area contributed by atoms with Crippen LogP contribution in [-0.2, 0) is 14.2 Å². The van der Waals surface area contributed by atoms with E-state index in [-0.39, 0.29) is 18.6 Å². The maximum Gasteiger partial charge on any atom is 0.114 e. The smallest absolute Gasteiger partial charge is 0.114 e. The van der Waals surface area contributed by atoms with Crippen LogP contribution in [0.5, 0.6) is 0 Å². The normalized spacial score (nSPS) is 41.4. The molecular weight excluding hydrogens is 210 g/mol. The largest absolute Gasteiger partial charge is 0.390 e. The molecule has 0 aliphatic carbocycles. The van der Waals surface area contributed by atoms with Crippen LogP contribution < -0.4 is 0 Å². The molecule has 2 saturated heterocycles. The number of rotatable bonds is 3. The summed E-state index contributed by atoms with van der Waals surface area (Å²) in [6, 6.07) is 0. The summed E-state index contributed by atoms with van der Waals surface area (Å²) in [5.41, 5.74) is 0. The van der Waals surface area contributed by atoms with E-state index in [1.807, 2.05) is 0 Å². The number of aliphatic hydroxyl groups is 1.